The van der Waals surface area contributed by atoms with Crippen LogP contribution in [-0.2, 0) is 27.2 Å². The number of carbonyl (C=O) groups is 3. The normalized spacial score (nSPS) is 14.6. The molecule has 0 unspecified atom stereocenters. The van der Waals surface area contributed by atoms with E-state index in [0.717, 1.165) is 57.8 Å². The minimum Gasteiger partial charge on any atom is -0.481 e. The second kappa shape index (κ2) is 14.6. The van der Waals surface area contributed by atoms with Gasteiger partial charge in [-0.05, 0) is 91.4 Å². The zero-order valence-electron chi connectivity index (χ0n) is 25.6. The zero-order chi connectivity index (χ0) is 32.6. The number of halogens is 1. The van der Waals surface area contributed by atoms with Gasteiger partial charge in [-0.25, -0.2) is 0 Å². The Kier molecular flexibility index (Phi) is 10.2. The smallest absolute Gasteiger partial charge is 0.303 e. The molecule has 2 aliphatic rings. The number of carboxylic acids is 1. The van der Waals surface area contributed by atoms with E-state index in [4.69, 9.17) is 16.7 Å². The summed E-state index contributed by atoms with van der Waals surface area (Å²) in [6.45, 7) is 4.15. The number of benzene rings is 4. The molecule has 8 nitrogen and oxygen atoms in total. The first kappa shape index (κ1) is 32.1. The molecule has 9 heteroatoms. The molecule has 234 valence electrons. The van der Waals surface area contributed by atoms with E-state index in [9.17, 15) is 14.4 Å². The highest BCUT2D eigenvalue weighted by Crippen LogP contribution is 2.35. The fourth-order valence-electron chi connectivity index (χ4n) is 5.23. The zero-order valence-corrected chi connectivity index (χ0v) is 26.4. The Balaban J connectivity index is 0.000000184. The largest absolute Gasteiger partial charge is 0.481 e. The number of hydrogen-bond donors (Lipinski definition) is 5. The van der Waals surface area contributed by atoms with E-state index < -0.39 is 5.97 Å². The number of carbonyl (C=O) groups excluding carboxylic acids is 2. The van der Waals surface area contributed by atoms with Crippen LogP contribution < -0.4 is 21.3 Å². The lowest BCUT2D eigenvalue weighted by Gasteiger charge is -2.05. The molecule has 0 aromatic heterocycles. The topological polar surface area (TPSA) is 120 Å². The first-order valence-electron chi connectivity index (χ1n) is 15.1. The second-order valence-electron chi connectivity index (χ2n) is 11.0. The minimum atomic E-state index is -0.778. The maximum absolute atomic E-state index is 12.1. The van der Waals surface area contributed by atoms with Gasteiger partial charge in [0.15, 0.2) is 0 Å². The van der Waals surface area contributed by atoms with E-state index in [1.54, 1.807) is 30.6 Å². The van der Waals surface area contributed by atoms with E-state index in [2.05, 4.69) is 40.3 Å². The third-order valence-electron chi connectivity index (χ3n) is 7.74. The molecule has 0 saturated carbocycles. The van der Waals surface area contributed by atoms with Crippen molar-refractivity contribution in [3.05, 3.63) is 130 Å². The maximum Gasteiger partial charge on any atom is 0.303 e. The second-order valence-corrected chi connectivity index (χ2v) is 11.4. The van der Waals surface area contributed by atoms with Crippen LogP contribution in [0.3, 0.4) is 0 Å². The third-order valence-corrected chi connectivity index (χ3v) is 7.97. The molecule has 2 amide bonds. The van der Waals surface area contributed by atoms with Crippen molar-refractivity contribution < 1.29 is 19.5 Å². The molecule has 0 saturated heterocycles. The van der Waals surface area contributed by atoms with Gasteiger partial charge >= 0.3 is 5.97 Å². The first-order chi connectivity index (χ1) is 22.2. The average molecular weight is 635 g/mol. The minimum absolute atomic E-state index is 0.0584. The molecule has 46 heavy (non-hydrogen) atoms. The van der Waals surface area contributed by atoms with Crippen molar-refractivity contribution in [3.63, 3.8) is 0 Å². The van der Waals surface area contributed by atoms with Crippen molar-refractivity contribution in [1.82, 2.24) is 0 Å². The van der Waals surface area contributed by atoms with Gasteiger partial charge in [0.1, 0.15) is 0 Å². The molecular weight excluding hydrogens is 600 g/mol. The Labute approximate surface area is 273 Å². The van der Waals surface area contributed by atoms with Gasteiger partial charge in [-0.3, -0.25) is 14.4 Å². The molecule has 2 aliphatic heterocycles. The number of fused-ring (bicyclic) bond motifs is 2. The number of anilines is 4. The summed E-state index contributed by atoms with van der Waals surface area (Å²) in [5.41, 5.74) is 9.91. The van der Waals surface area contributed by atoms with Crippen molar-refractivity contribution in [1.29, 1.82) is 0 Å². The Bertz CT molecular complexity index is 1830. The molecular formula is C37H35ClN4O4. The highest BCUT2D eigenvalue weighted by molar-refractivity contribution is 6.35. The number of aliphatic carboxylic acids is 1. The fraction of sp³-hybridized carbons (Fsp3) is 0.162. The standard InChI is InChI=1S/C19H17ClN2O3.C18H18N2O/c20-13-6-9-17-15(10-13)16(19(25)22-17)11-21-14-7-4-12(5-8-14)2-1-3-18(23)24;1-3-13-7-9-14(10-8-13)19-11-15-17-12(2)5-4-6-16(17)20-18(15)21/h4-11,21H,1-3H2,(H,22,25)(H,23,24);4-11,19H,3H2,1-2H3,(H,20,21). The molecule has 0 fully saturated rings. The lowest BCUT2D eigenvalue weighted by Crippen LogP contribution is -2.05. The SMILES string of the molecule is CCc1ccc(NC=C2C(=O)Nc3cccc(C)c32)cc1.O=C(O)CCCc1ccc(NC=C2C(=O)Nc3ccc(Cl)cc32)cc1. The van der Waals surface area contributed by atoms with Crippen molar-refractivity contribution in [2.45, 2.75) is 39.5 Å². The molecule has 4 aromatic rings. The molecule has 0 spiro atoms. The van der Waals surface area contributed by atoms with E-state index >= 15 is 0 Å². The van der Waals surface area contributed by atoms with E-state index in [1.807, 2.05) is 61.5 Å². The van der Waals surface area contributed by atoms with Crippen LogP contribution in [0.5, 0.6) is 0 Å². The molecule has 6 rings (SSSR count). The van der Waals surface area contributed by atoms with Crippen LogP contribution in [0.1, 0.15) is 47.6 Å². The number of hydrogen-bond acceptors (Lipinski definition) is 5. The number of aryl methyl sites for hydroxylation is 3. The lowest BCUT2D eigenvalue weighted by atomic mass is 10.0. The van der Waals surface area contributed by atoms with Gasteiger partial charge in [0.25, 0.3) is 11.8 Å². The van der Waals surface area contributed by atoms with E-state index in [0.29, 0.717) is 22.6 Å². The summed E-state index contributed by atoms with van der Waals surface area (Å²) in [6, 6.07) is 27.1. The summed E-state index contributed by atoms with van der Waals surface area (Å²) < 4.78 is 0. The van der Waals surface area contributed by atoms with Crippen molar-refractivity contribution in [2.24, 2.45) is 0 Å². The number of amides is 2. The van der Waals surface area contributed by atoms with Crippen LogP contribution in [0.25, 0.3) is 11.1 Å². The number of rotatable bonds is 9. The van der Waals surface area contributed by atoms with Gasteiger partial charge in [-0.15, -0.1) is 0 Å². The predicted octanol–water partition coefficient (Wildman–Crippen LogP) is 8.11. The molecule has 0 bridgehead atoms. The summed E-state index contributed by atoms with van der Waals surface area (Å²) in [6.07, 6.45) is 5.98. The quantitative estimate of drug-likeness (QED) is 0.119. The Morgan fingerprint density at radius 2 is 1.41 bits per heavy atom. The van der Waals surface area contributed by atoms with Gasteiger partial charge in [-0.2, -0.15) is 0 Å². The molecule has 4 aromatic carbocycles. The summed E-state index contributed by atoms with van der Waals surface area (Å²) in [7, 11) is 0. The van der Waals surface area contributed by atoms with Crippen LogP contribution >= 0.6 is 11.6 Å². The molecule has 5 N–H and O–H groups in total. The third kappa shape index (κ3) is 7.83. The maximum atomic E-state index is 12.1. The molecule has 2 heterocycles. The Morgan fingerprint density at radius 1 is 0.804 bits per heavy atom. The number of carboxylic acid groups (broad SMARTS) is 1. The first-order valence-corrected chi connectivity index (χ1v) is 15.5. The molecule has 0 radical (unpaired) electrons. The Morgan fingerprint density at radius 3 is 2.07 bits per heavy atom. The van der Waals surface area contributed by atoms with Gasteiger partial charge in [0.05, 0.1) is 11.1 Å². The highest BCUT2D eigenvalue weighted by Gasteiger charge is 2.26. The number of nitrogens with one attached hydrogen (secondary N) is 4. The summed E-state index contributed by atoms with van der Waals surface area (Å²) in [4.78, 5) is 34.7. The van der Waals surface area contributed by atoms with Crippen LogP contribution in [0.4, 0.5) is 22.7 Å². The lowest BCUT2D eigenvalue weighted by molar-refractivity contribution is -0.137. The molecule has 0 atom stereocenters. The van der Waals surface area contributed by atoms with Crippen molar-refractivity contribution in [2.75, 3.05) is 21.3 Å². The fourth-order valence-corrected chi connectivity index (χ4v) is 5.41. The van der Waals surface area contributed by atoms with E-state index in [1.165, 1.54) is 5.56 Å². The van der Waals surface area contributed by atoms with Crippen molar-refractivity contribution >= 4 is 63.3 Å². The van der Waals surface area contributed by atoms with Crippen LogP contribution in [-0.4, -0.2) is 22.9 Å². The predicted molar refractivity (Wildman–Crippen MR) is 186 cm³/mol. The summed E-state index contributed by atoms with van der Waals surface area (Å²) in [5, 5.41) is 21.3. The molecule has 0 aliphatic carbocycles. The van der Waals surface area contributed by atoms with E-state index in [-0.39, 0.29) is 18.2 Å². The van der Waals surface area contributed by atoms with Crippen molar-refractivity contribution in [3.8, 4) is 0 Å². The van der Waals surface area contributed by atoms with Crippen LogP contribution in [0.15, 0.2) is 97.3 Å². The summed E-state index contributed by atoms with van der Waals surface area (Å²) in [5.74, 6) is -1.01. The van der Waals surface area contributed by atoms with Gasteiger partial charge < -0.3 is 26.4 Å². The highest BCUT2D eigenvalue weighted by atomic mass is 35.5. The van der Waals surface area contributed by atoms with Gasteiger partial charge in [-0.1, -0.05) is 54.9 Å². The van der Waals surface area contributed by atoms with Crippen LogP contribution in [0, 0.1) is 6.92 Å². The van der Waals surface area contributed by atoms with Crippen LogP contribution in [0.2, 0.25) is 5.02 Å². The monoisotopic (exact) mass is 634 g/mol. The Hall–Kier alpha value is -5.34. The summed E-state index contributed by atoms with van der Waals surface area (Å²) >= 11 is 6.01. The van der Waals surface area contributed by atoms with Gasteiger partial charge in [0, 0.05) is 57.7 Å². The van der Waals surface area contributed by atoms with Gasteiger partial charge in [0.2, 0.25) is 0 Å². The average Bonchev–Trinajstić information content (AvgIpc) is 3.54.